The van der Waals surface area contributed by atoms with Crippen LogP contribution >= 0.6 is 0 Å². The van der Waals surface area contributed by atoms with Crippen molar-refractivity contribution in [1.29, 1.82) is 0 Å². The lowest BCUT2D eigenvalue weighted by Crippen LogP contribution is -2.50. The summed E-state index contributed by atoms with van der Waals surface area (Å²) in [5, 5.41) is 2.27. The fourth-order valence-corrected chi connectivity index (χ4v) is 6.20. The molecule has 0 unspecified atom stereocenters. The predicted octanol–water partition coefficient (Wildman–Crippen LogP) is 3.92. The topological polar surface area (TPSA) is 132 Å². The average Bonchev–Trinajstić information content (AvgIpc) is 3.55. The van der Waals surface area contributed by atoms with Crippen LogP contribution in [0.3, 0.4) is 0 Å². The normalized spacial score (nSPS) is 14.8. The van der Waals surface area contributed by atoms with E-state index in [1.54, 1.807) is 13.8 Å². The number of furan rings is 1. The molecule has 1 aliphatic rings. The number of rotatable bonds is 8. The lowest BCUT2D eigenvalue weighted by Gasteiger charge is -2.21. The second kappa shape index (κ2) is 10.5. The van der Waals surface area contributed by atoms with Crippen molar-refractivity contribution in [3.63, 3.8) is 0 Å². The smallest absolute Gasteiger partial charge is 0.416 e. The third kappa shape index (κ3) is 5.61. The van der Waals surface area contributed by atoms with Gasteiger partial charge in [0, 0.05) is 23.2 Å². The molecule has 0 atom stereocenters. The van der Waals surface area contributed by atoms with E-state index in [0.717, 1.165) is 51.6 Å². The zero-order valence-electron chi connectivity index (χ0n) is 23.1. The van der Waals surface area contributed by atoms with Crippen LogP contribution < -0.4 is 21.3 Å². The van der Waals surface area contributed by atoms with Gasteiger partial charge in [0.1, 0.15) is 16.9 Å². The van der Waals surface area contributed by atoms with E-state index >= 15 is 0 Å². The summed E-state index contributed by atoms with van der Waals surface area (Å²) in [6.45, 7) is 4.19. The van der Waals surface area contributed by atoms with E-state index in [9.17, 15) is 40.4 Å². The van der Waals surface area contributed by atoms with Crippen molar-refractivity contribution in [3.8, 4) is 5.69 Å². The largest absolute Gasteiger partial charge is 0.443 e. The van der Waals surface area contributed by atoms with Gasteiger partial charge in [-0.15, -0.1) is 0 Å². The first kappa shape index (κ1) is 30.2. The van der Waals surface area contributed by atoms with Crippen LogP contribution in [-0.2, 0) is 27.5 Å². The zero-order valence-corrected chi connectivity index (χ0v) is 23.9. The van der Waals surface area contributed by atoms with Gasteiger partial charge in [-0.05, 0) is 76.1 Å². The molecule has 2 aromatic heterocycles. The standard InChI is InChI=1S/C28H26F4N4O6S/c1-15(2)35-24(37)21(16(3)36(26(35)39)20-7-4-18(5-8-20)28(30,31)32)14-33-25(38)27(10-11-27)34-43(40,41)23-13-17-12-19(29)6-9-22(17)42-23/h4-9,12-13,15,34H,10-11,14H2,1-3H3,(H,33,38). The highest BCUT2D eigenvalue weighted by Gasteiger charge is 2.53. The highest BCUT2D eigenvalue weighted by molar-refractivity contribution is 7.89. The monoisotopic (exact) mass is 622 g/mol. The maximum Gasteiger partial charge on any atom is 0.416 e. The Hall–Kier alpha value is -4.24. The van der Waals surface area contributed by atoms with Crippen molar-refractivity contribution in [2.45, 2.75) is 63.0 Å². The van der Waals surface area contributed by atoms with E-state index in [4.69, 9.17) is 4.42 Å². The van der Waals surface area contributed by atoms with E-state index in [-0.39, 0.29) is 40.8 Å². The van der Waals surface area contributed by atoms with Gasteiger partial charge in [0.15, 0.2) is 0 Å². The Morgan fingerprint density at radius 1 is 1.07 bits per heavy atom. The van der Waals surface area contributed by atoms with Crippen LogP contribution in [-0.4, -0.2) is 29.0 Å². The van der Waals surface area contributed by atoms with Crippen molar-refractivity contribution in [2.75, 3.05) is 0 Å². The second-order valence-electron chi connectivity index (χ2n) is 10.6. The molecule has 4 aromatic rings. The molecular weight excluding hydrogens is 596 g/mol. The van der Waals surface area contributed by atoms with Gasteiger partial charge in [-0.25, -0.2) is 17.6 Å². The molecule has 43 heavy (non-hydrogen) atoms. The Morgan fingerprint density at radius 2 is 1.72 bits per heavy atom. The quantitative estimate of drug-likeness (QED) is 0.287. The van der Waals surface area contributed by atoms with Crippen molar-refractivity contribution in [1.82, 2.24) is 19.2 Å². The minimum Gasteiger partial charge on any atom is -0.443 e. The van der Waals surface area contributed by atoms with E-state index in [1.165, 1.54) is 13.0 Å². The molecule has 0 spiro atoms. The number of halogens is 4. The summed E-state index contributed by atoms with van der Waals surface area (Å²) < 4.78 is 88.6. The van der Waals surface area contributed by atoms with Gasteiger partial charge in [-0.2, -0.15) is 17.9 Å². The van der Waals surface area contributed by atoms with Crippen molar-refractivity contribution in [3.05, 3.63) is 92.0 Å². The third-order valence-corrected chi connectivity index (χ3v) is 8.67. The SMILES string of the molecule is Cc1c(CNC(=O)C2(NS(=O)(=O)c3cc4cc(F)ccc4o3)CC2)c(=O)n(C(C)C)c(=O)n1-c1ccc(C(F)(F)F)cc1. The molecule has 10 nitrogen and oxygen atoms in total. The van der Waals surface area contributed by atoms with Crippen LogP contribution in [0.15, 0.2) is 67.6 Å². The molecular formula is C28H26F4N4O6S. The fourth-order valence-electron chi connectivity index (χ4n) is 4.80. The minimum absolute atomic E-state index is 0.0143. The maximum absolute atomic E-state index is 13.5. The van der Waals surface area contributed by atoms with E-state index in [0.29, 0.717) is 0 Å². The van der Waals surface area contributed by atoms with Crippen LogP contribution in [0.25, 0.3) is 16.7 Å². The summed E-state index contributed by atoms with van der Waals surface area (Å²) in [5.74, 6) is -1.32. The Morgan fingerprint density at radius 3 is 2.30 bits per heavy atom. The number of nitrogens with one attached hydrogen (secondary N) is 2. The van der Waals surface area contributed by atoms with Crippen molar-refractivity contribution >= 4 is 26.9 Å². The number of fused-ring (bicyclic) bond motifs is 1. The molecule has 1 fully saturated rings. The lowest BCUT2D eigenvalue weighted by atomic mass is 10.1. The number of carbonyl (C=O) groups is 1. The van der Waals surface area contributed by atoms with Gasteiger partial charge < -0.3 is 9.73 Å². The van der Waals surface area contributed by atoms with E-state index in [2.05, 4.69) is 10.0 Å². The Bertz CT molecular complexity index is 1970. The number of alkyl halides is 3. The summed E-state index contributed by atoms with van der Waals surface area (Å²) in [7, 11) is -4.35. The summed E-state index contributed by atoms with van der Waals surface area (Å²) in [5.41, 5.74) is -3.64. The average molecular weight is 623 g/mol. The molecule has 15 heteroatoms. The molecule has 2 aromatic carbocycles. The summed E-state index contributed by atoms with van der Waals surface area (Å²) in [4.78, 5) is 39.8. The van der Waals surface area contributed by atoms with Crippen LogP contribution in [0.4, 0.5) is 17.6 Å². The fraction of sp³-hybridized carbons (Fsp3) is 0.321. The number of hydrogen-bond acceptors (Lipinski definition) is 6. The lowest BCUT2D eigenvalue weighted by molar-refractivity contribution is -0.137. The highest BCUT2D eigenvalue weighted by atomic mass is 32.2. The Balaban J connectivity index is 1.43. The molecule has 1 saturated carbocycles. The van der Waals surface area contributed by atoms with Crippen LogP contribution in [0.5, 0.6) is 0 Å². The van der Waals surface area contributed by atoms with Gasteiger partial charge in [0.05, 0.1) is 23.4 Å². The number of amides is 1. The Kier molecular flexibility index (Phi) is 7.37. The van der Waals surface area contributed by atoms with E-state index in [1.807, 2.05) is 0 Å². The van der Waals surface area contributed by atoms with Gasteiger partial charge in [-0.3, -0.25) is 18.7 Å². The van der Waals surface area contributed by atoms with Crippen LogP contribution in [0.1, 0.15) is 49.6 Å². The van der Waals surface area contributed by atoms with Crippen molar-refractivity contribution in [2.24, 2.45) is 0 Å². The highest BCUT2D eigenvalue weighted by Crippen LogP contribution is 2.38. The van der Waals surface area contributed by atoms with E-state index < -0.39 is 68.0 Å². The third-order valence-electron chi connectivity index (χ3n) is 7.28. The molecule has 2 heterocycles. The van der Waals surface area contributed by atoms with Crippen LogP contribution in [0, 0.1) is 12.7 Å². The van der Waals surface area contributed by atoms with Crippen LogP contribution in [0.2, 0.25) is 0 Å². The molecule has 0 bridgehead atoms. The van der Waals surface area contributed by atoms with Crippen molar-refractivity contribution < 1.29 is 35.2 Å². The predicted molar refractivity (Wildman–Crippen MR) is 147 cm³/mol. The number of aromatic nitrogens is 2. The summed E-state index contributed by atoms with van der Waals surface area (Å²) in [6, 6.07) is 7.84. The molecule has 1 amide bonds. The Labute approximate surface area is 242 Å². The zero-order chi connectivity index (χ0) is 31.5. The maximum atomic E-state index is 13.5. The van der Waals surface area contributed by atoms with Gasteiger partial charge in [-0.1, -0.05) is 0 Å². The minimum atomic E-state index is -4.59. The molecule has 2 N–H and O–H groups in total. The number of sulfonamides is 1. The number of hydrogen-bond donors (Lipinski definition) is 2. The first-order valence-corrected chi connectivity index (χ1v) is 14.6. The molecule has 0 radical (unpaired) electrons. The molecule has 1 aliphatic carbocycles. The molecule has 0 aliphatic heterocycles. The first-order chi connectivity index (χ1) is 20.0. The summed E-state index contributed by atoms with van der Waals surface area (Å²) >= 11 is 0. The second-order valence-corrected chi connectivity index (χ2v) is 12.2. The molecule has 0 saturated heterocycles. The van der Waals surface area contributed by atoms with Gasteiger partial charge in [0.2, 0.25) is 11.0 Å². The summed E-state index contributed by atoms with van der Waals surface area (Å²) in [6.07, 6.45) is -4.30. The number of carbonyl (C=O) groups excluding carboxylic acids is 1. The van der Waals surface area contributed by atoms with Gasteiger partial charge in [0.25, 0.3) is 15.6 Å². The van der Waals surface area contributed by atoms with Gasteiger partial charge >= 0.3 is 11.9 Å². The number of nitrogens with zero attached hydrogens (tertiary/aromatic N) is 2. The number of benzene rings is 2. The molecule has 228 valence electrons. The molecule has 5 rings (SSSR count). The first-order valence-electron chi connectivity index (χ1n) is 13.1.